The molecule has 4 heteroatoms. The number of rotatable bonds is 5. The van der Waals surface area contributed by atoms with Crippen molar-refractivity contribution in [1.82, 2.24) is 4.90 Å². The minimum absolute atomic E-state index is 0.171. The highest BCUT2D eigenvalue weighted by Gasteiger charge is 2.43. The molecule has 1 aromatic carbocycles. The number of ether oxygens (including phenoxy) is 1. The van der Waals surface area contributed by atoms with Gasteiger partial charge in [0.05, 0.1) is 18.6 Å². The minimum atomic E-state index is -0.263. The molecule has 1 saturated carbocycles. The Kier molecular flexibility index (Phi) is 3.53. The molecule has 0 amide bonds. The van der Waals surface area contributed by atoms with Crippen molar-refractivity contribution in [3.8, 4) is 11.8 Å². The topological polar surface area (TPSA) is 36.3 Å². The molecule has 0 spiro atoms. The molecule has 0 atom stereocenters. The molecule has 0 saturated heterocycles. The van der Waals surface area contributed by atoms with Gasteiger partial charge in [-0.15, -0.1) is 0 Å². The third-order valence-electron chi connectivity index (χ3n) is 3.35. The average molecular weight is 248 g/mol. The number of nitriles is 1. The van der Waals surface area contributed by atoms with Crippen molar-refractivity contribution >= 4 is 0 Å². The summed E-state index contributed by atoms with van der Waals surface area (Å²) in [5.41, 5.74) is 0.642. The Morgan fingerprint density at radius 1 is 1.50 bits per heavy atom. The van der Waals surface area contributed by atoms with Crippen LogP contribution in [-0.2, 0) is 6.54 Å². The maximum Gasteiger partial charge on any atom is 0.123 e. The highest BCUT2D eigenvalue weighted by Crippen LogP contribution is 2.45. The largest absolute Gasteiger partial charge is 0.496 e. The highest BCUT2D eigenvalue weighted by atomic mass is 19.1. The second-order valence-electron chi connectivity index (χ2n) is 5.02. The van der Waals surface area contributed by atoms with Gasteiger partial charge in [0.25, 0.3) is 0 Å². The van der Waals surface area contributed by atoms with Crippen molar-refractivity contribution in [2.45, 2.75) is 19.4 Å². The molecule has 1 aliphatic rings. The summed E-state index contributed by atoms with van der Waals surface area (Å²) in [5, 5.41) is 9.06. The molecule has 0 radical (unpaired) electrons. The Hall–Kier alpha value is -1.60. The van der Waals surface area contributed by atoms with Crippen LogP contribution in [0, 0.1) is 22.6 Å². The standard InChI is InChI=1S/C14H17FN2O/c1-17(10-14(9-16)5-6-14)8-11-7-12(15)3-4-13(11)18-2/h3-4,7H,5-6,8,10H2,1-2H3. The molecule has 96 valence electrons. The van der Waals surface area contributed by atoms with Gasteiger partial charge in [0.15, 0.2) is 0 Å². The van der Waals surface area contributed by atoms with Gasteiger partial charge in [-0.1, -0.05) is 0 Å². The Bertz CT molecular complexity index is 477. The smallest absolute Gasteiger partial charge is 0.123 e. The van der Waals surface area contributed by atoms with Crippen LogP contribution in [0.3, 0.4) is 0 Å². The molecule has 0 aliphatic heterocycles. The molecular weight excluding hydrogens is 231 g/mol. The summed E-state index contributed by atoms with van der Waals surface area (Å²) in [6, 6.07) is 6.87. The van der Waals surface area contributed by atoms with Gasteiger partial charge in [-0.3, -0.25) is 0 Å². The predicted octanol–water partition coefficient (Wildman–Crippen LogP) is 2.57. The lowest BCUT2D eigenvalue weighted by molar-refractivity contribution is 0.280. The van der Waals surface area contributed by atoms with Crippen molar-refractivity contribution in [2.24, 2.45) is 5.41 Å². The van der Waals surface area contributed by atoms with Crippen LogP contribution in [0.25, 0.3) is 0 Å². The average Bonchev–Trinajstić information content (AvgIpc) is 3.09. The molecule has 2 rings (SSSR count). The molecule has 1 aromatic rings. The van der Waals surface area contributed by atoms with E-state index in [4.69, 9.17) is 10.00 Å². The van der Waals surface area contributed by atoms with Crippen molar-refractivity contribution in [3.05, 3.63) is 29.6 Å². The SMILES string of the molecule is COc1ccc(F)cc1CN(C)CC1(C#N)CC1. The fourth-order valence-corrected chi connectivity index (χ4v) is 2.19. The van der Waals surface area contributed by atoms with Crippen LogP contribution in [0.2, 0.25) is 0 Å². The normalized spacial score (nSPS) is 16.4. The zero-order valence-corrected chi connectivity index (χ0v) is 10.7. The second kappa shape index (κ2) is 4.95. The van der Waals surface area contributed by atoms with Crippen molar-refractivity contribution in [2.75, 3.05) is 20.7 Å². The van der Waals surface area contributed by atoms with Crippen molar-refractivity contribution in [3.63, 3.8) is 0 Å². The lowest BCUT2D eigenvalue weighted by atomic mass is 10.1. The summed E-state index contributed by atoms with van der Waals surface area (Å²) < 4.78 is 18.4. The van der Waals surface area contributed by atoms with Crippen molar-refractivity contribution < 1.29 is 9.13 Å². The van der Waals surface area contributed by atoms with Gasteiger partial charge >= 0.3 is 0 Å². The predicted molar refractivity (Wildman–Crippen MR) is 66.6 cm³/mol. The summed E-state index contributed by atoms with van der Waals surface area (Å²) in [5.74, 6) is 0.422. The van der Waals surface area contributed by atoms with Gasteiger partial charge in [0.1, 0.15) is 11.6 Å². The Morgan fingerprint density at radius 2 is 2.22 bits per heavy atom. The van der Waals surface area contributed by atoms with Crippen LogP contribution in [0.1, 0.15) is 18.4 Å². The molecule has 0 unspecified atom stereocenters. The van der Waals surface area contributed by atoms with Crippen LogP contribution < -0.4 is 4.74 Å². The first-order valence-electron chi connectivity index (χ1n) is 6.01. The first-order valence-corrected chi connectivity index (χ1v) is 6.01. The highest BCUT2D eigenvalue weighted by molar-refractivity contribution is 5.33. The zero-order valence-electron chi connectivity index (χ0n) is 10.7. The Morgan fingerprint density at radius 3 is 2.78 bits per heavy atom. The summed E-state index contributed by atoms with van der Waals surface area (Å²) in [4.78, 5) is 2.05. The van der Waals surface area contributed by atoms with Gasteiger partial charge in [0.2, 0.25) is 0 Å². The van der Waals surface area contributed by atoms with E-state index >= 15 is 0 Å². The zero-order chi connectivity index (χ0) is 13.2. The van der Waals surface area contributed by atoms with E-state index in [2.05, 4.69) is 6.07 Å². The Labute approximate surface area is 107 Å². The molecular formula is C14H17FN2O. The fraction of sp³-hybridized carbons (Fsp3) is 0.500. The summed E-state index contributed by atoms with van der Waals surface area (Å²) in [6.45, 7) is 1.31. The molecule has 0 heterocycles. The van der Waals surface area contributed by atoms with Crippen molar-refractivity contribution in [1.29, 1.82) is 5.26 Å². The van der Waals surface area contributed by atoms with Gasteiger partial charge in [-0.25, -0.2) is 4.39 Å². The van der Waals surface area contributed by atoms with E-state index < -0.39 is 0 Å². The van der Waals surface area contributed by atoms with Crippen LogP contribution in [0.15, 0.2) is 18.2 Å². The quantitative estimate of drug-likeness (QED) is 0.803. The number of hydrogen-bond acceptors (Lipinski definition) is 3. The number of nitrogens with zero attached hydrogens (tertiary/aromatic N) is 2. The number of methoxy groups -OCH3 is 1. The lowest BCUT2D eigenvalue weighted by Crippen LogP contribution is -2.25. The van der Waals surface area contributed by atoms with Crippen LogP contribution in [-0.4, -0.2) is 25.6 Å². The van der Waals surface area contributed by atoms with E-state index in [9.17, 15) is 4.39 Å². The third kappa shape index (κ3) is 2.80. The second-order valence-corrected chi connectivity index (χ2v) is 5.02. The maximum absolute atomic E-state index is 13.2. The summed E-state index contributed by atoms with van der Waals surface area (Å²) in [6.07, 6.45) is 1.93. The first kappa shape index (κ1) is 12.8. The van der Waals surface area contributed by atoms with Crippen LogP contribution in [0.4, 0.5) is 4.39 Å². The van der Waals surface area contributed by atoms with E-state index in [0.717, 1.165) is 24.9 Å². The molecule has 18 heavy (non-hydrogen) atoms. The summed E-state index contributed by atoms with van der Waals surface area (Å²) >= 11 is 0. The van der Waals surface area contributed by atoms with Crippen LogP contribution >= 0.6 is 0 Å². The van der Waals surface area contributed by atoms with E-state index in [1.54, 1.807) is 13.2 Å². The Balaban J connectivity index is 2.04. The molecule has 0 aromatic heterocycles. The fourth-order valence-electron chi connectivity index (χ4n) is 2.19. The summed E-state index contributed by atoms with van der Waals surface area (Å²) in [7, 11) is 3.52. The maximum atomic E-state index is 13.2. The lowest BCUT2D eigenvalue weighted by Gasteiger charge is -2.20. The molecule has 1 aliphatic carbocycles. The monoisotopic (exact) mass is 248 g/mol. The van der Waals surface area contributed by atoms with Gasteiger partial charge < -0.3 is 9.64 Å². The van der Waals surface area contributed by atoms with Gasteiger partial charge in [-0.2, -0.15) is 5.26 Å². The van der Waals surface area contributed by atoms with E-state index in [0.29, 0.717) is 12.3 Å². The molecule has 3 nitrogen and oxygen atoms in total. The van der Waals surface area contributed by atoms with Crippen LogP contribution in [0.5, 0.6) is 5.75 Å². The van der Waals surface area contributed by atoms with E-state index in [1.165, 1.54) is 12.1 Å². The van der Waals surface area contributed by atoms with Gasteiger partial charge in [0, 0.05) is 18.7 Å². The molecule has 0 N–H and O–H groups in total. The minimum Gasteiger partial charge on any atom is -0.496 e. The number of halogens is 1. The number of hydrogen-bond donors (Lipinski definition) is 0. The number of benzene rings is 1. The first-order chi connectivity index (χ1) is 8.58. The van der Waals surface area contributed by atoms with E-state index in [-0.39, 0.29) is 11.2 Å². The molecule has 1 fully saturated rings. The third-order valence-corrected chi connectivity index (χ3v) is 3.35. The molecule has 0 bridgehead atoms. The van der Waals surface area contributed by atoms with E-state index in [1.807, 2.05) is 11.9 Å². The van der Waals surface area contributed by atoms with Gasteiger partial charge in [-0.05, 0) is 38.1 Å².